The normalized spacial score (nSPS) is 11.4. The first-order valence-corrected chi connectivity index (χ1v) is 7.89. The molecule has 21 heavy (non-hydrogen) atoms. The summed E-state index contributed by atoms with van der Waals surface area (Å²) in [5, 5.41) is 3.82. The van der Waals surface area contributed by atoms with Crippen molar-refractivity contribution in [2.75, 3.05) is 17.6 Å². The summed E-state index contributed by atoms with van der Waals surface area (Å²) >= 11 is 4.84. The molecule has 0 aliphatic carbocycles. The number of thioether (sulfide) groups is 1. The Morgan fingerprint density at radius 2 is 1.90 bits per heavy atom. The van der Waals surface area contributed by atoms with Gasteiger partial charge in [0.1, 0.15) is 0 Å². The number of benzene rings is 1. The third-order valence-corrected chi connectivity index (χ3v) is 4.24. The van der Waals surface area contributed by atoms with Gasteiger partial charge in [0.25, 0.3) is 0 Å². The van der Waals surface area contributed by atoms with Crippen molar-refractivity contribution in [1.29, 1.82) is 0 Å². The Balaban J connectivity index is 1.80. The van der Waals surface area contributed by atoms with Gasteiger partial charge in [0, 0.05) is 28.7 Å². The first-order valence-electron chi connectivity index (χ1n) is 6.11. The molecule has 1 aromatic heterocycles. The van der Waals surface area contributed by atoms with E-state index in [0.717, 1.165) is 22.4 Å². The minimum atomic E-state index is -4.34. The number of halogens is 4. The second-order valence-electron chi connectivity index (χ2n) is 4.14. The summed E-state index contributed by atoms with van der Waals surface area (Å²) in [6.07, 6.45) is -3.47. The summed E-state index contributed by atoms with van der Waals surface area (Å²) in [6, 6.07) is 10.2. The Kier molecular flexibility index (Phi) is 5.52. The smallest absolute Gasteiger partial charge is 0.383 e. The number of hydrogen-bond donors (Lipinski definition) is 1. The molecule has 0 spiro atoms. The van der Waals surface area contributed by atoms with Crippen molar-refractivity contribution in [1.82, 2.24) is 4.98 Å². The molecule has 0 amide bonds. The molecule has 0 atom stereocenters. The van der Waals surface area contributed by atoms with Crippen LogP contribution in [-0.2, 0) is 6.18 Å². The van der Waals surface area contributed by atoms with Crippen molar-refractivity contribution in [2.24, 2.45) is 0 Å². The first kappa shape index (κ1) is 16.2. The summed E-state index contributed by atoms with van der Waals surface area (Å²) < 4.78 is 38.1. The quantitative estimate of drug-likeness (QED) is 0.582. The maximum Gasteiger partial charge on any atom is 0.417 e. The van der Waals surface area contributed by atoms with Gasteiger partial charge >= 0.3 is 6.18 Å². The van der Waals surface area contributed by atoms with Gasteiger partial charge in [-0.1, -0.05) is 12.1 Å². The molecule has 0 aliphatic rings. The summed E-state index contributed by atoms with van der Waals surface area (Å²) in [5.74, 6) is 0.708. The number of anilines is 1. The molecule has 1 aromatic carbocycles. The molecule has 2 rings (SSSR count). The molecule has 112 valence electrons. The van der Waals surface area contributed by atoms with Crippen LogP contribution >= 0.6 is 27.7 Å². The third-order valence-electron chi connectivity index (χ3n) is 2.60. The van der Waals surface area contributed by atoms with Crippen molar-refractivity contribution in [3.63, 3.8) is 0 Å². The monoisotopic (exact) mass is 376 g/mol. The van der Waals surface area contributed by atoms with Gasteiger partial charge in [-0.15, -0.1) is 11.8 Å². The Bertz CT molecular complexity index is 588. The average molecular weight is 377 g/mol. The minimum absolute atomic E-state index is 0.580. The van der Waals surface area contributed by atoms with Gasteiger partial charge in [0.2, 0.25) is 0 Å². The fourth-order valence-corrected chi connectivity index (χ4v) is 2.71. The maximum absolute atomic E-state index is 12.4. The highest BCUT2D eigenvalue weighted by atomic mass is 79.9. The lowest BCUT2D eigenvalue weighted by atomic mass is 10.3. The summed E-state index contributed by atoms with van der Waals surface area (Å²) in [4.78, 5) is 3.81. The van der Waals surface area contributed by atoms with Crippen LogP contribution in [0, 0.1) is 0 Å². The van der Waals surface area contributed by atoms with E-state index in [2.05, 4.69) is 26.2 Å². The first-order chi connectivity index (χ1) is 9.97. The molecular weight excluding hydrogens is 365 g/mol. The zero-order valence-electron chi connectivity index (χ0n) is 10.8. The average Bonchev–Trinajstić information content (AvgIpc) is 2.45. The lowest BCUT2D eigenvalue weighted by Crippen LogP contribution is -2.06. The molecular formula is C14H12BrF3N2S. The zero-order chi connectivity index (χ0) is 15.3. The standard InChI is InChI=1S/C14H12BrF3N2S/c15-11-3-1-2-4-12(11)19-7-8-21-13-6-5-10(9-20-13)14(16,17)18/h1-6,9,19H,7-8H2. The van der Waals surface area contributed by atoms with E-state index in [0.29, 0.717) is 17.3 Å². The fourth-order valence-electron chi connectivity index (χ4n) is 1.58. The SMILES string of the molecule is FC(F)(F)c1ccc(SCCNc2ccccc2Br)nc1. The highest BCUT2D eigenvalue weighted by molar-refractivity contribution is 9.10. The molecule has 0 bridgehead atoms. The Morgan fingerprint density at radius 1 is 1.14 bits per heavy atom. The molecule has 0 fully saturated rings. The van der Waals surface area contributed by atoms with Crippen LogP contribution in [-0.4, -0.2) is 17.3 Å². The van der Waals surface area contributed by atoms with Crippen LogP contribution < -0.4 is 5.32 Å². The number of rotatable bonds is 5. The van der Waals surface area contributed by atoms with Crippen molar-refractivity contribution < 1.29 is 13.2 Å². The lowest BCUT2D eigenvalue weighted by Gasteiger charge is -2.08. The minimum Gasteiger partial charge on any atom is -0.383 e. The molecule has 2 aromatic rings. The molecule has 1 N–H and O–H groups in total. The van der Waals surface area contributed by atoms with E-state index in [1.165, 1.54) is 17.8 Å². The van der Waals surface area contributed by atoms with Gasteiger partial charge in [-0.3, -0.25) is 0 Å². The van der Waals surface area contributed by atoms with Crippen LogP contribution in [0.15, 0.2) is 52.1 Å². The van der Waals surface area contributed by atoms with E-state index >= 15 is 0 Å². The number of aromatic nitrogens is 1. The fraction of sp³-hybridized carbons (Fsp3) is 0.214. The van der Waals surface area contributed by atoms with Gasteiger partial charge in [0.15, 0.2) is 0 Å². The number of hydrogen-bond acceptors (Lipinski definition) is 3. The number of pyridine rings is 1. The van der Waals surface area contributed by atoms with E-state index < -0.39 is 11.7 Å². The second-order valence-corrected chi connectivity index (χ2v) is 6.11. The summed E-state index contributed by atoms with van der Waals surface area (Å²) in [6.45, 7) is 0.690. The van der Waals surface area contributed by atoms with Crippen molar-refractivity contribution in [3.8, 4) is 0 Å². The van der Waals surface area contributed by atoms with Crippen molar-refractivity contribution in [2.45, 2.75) is 11.2 Å². The van der Waals surface area contributed by atoms with Gasteiger partial charge in [-0.05, 0) is 40.2 Å². The number of nitrogens with zero attached hydrogens (tertiary/aromatic N) is 1. The van der Waals surface area contributed by atoms with E-state index in [-0.39, 0.29) is 0 Å². The molecule has 7 heteroatoms. The van der Waals surface area contributed by atoms with E-state index in [1.807, 2.05) is 24.3 Å². The maximum atomic E-state index is 12.4. The Morgan fingerprint density at radius 3 is 2.52 bits per heavy atom. The van der Waals surface area contributed by atoms with E-state index in [9.17, 15) is 13.2 Å². The number of para-hydroxylation sites is 1. The van der Waals surface area contributed by atoms with Crippen molar-refractivity contribution in [3.05, 3.63) is 52.6 Å². The molecule has 0 radical (unpaired) electrons. The van der Waals surface area contributed by atoms with E-state index in [1.54, 1.807) is 0 Å². The molecule has 0 saturated heterocycles. The molecule has 2 nitrogen and oxygen atoms in total. The predicted molar refractivity (Wildman–Crippen MR) is 82.6 cm³/mol. The Hall–Kier alpha value is -1.21. The van der Waals surface area contributed by atoms with Crippen LogP contribution in [0.2, 0.25) is 0 Å². The molecule has 1 heterocycles. The van der Waals surface area contributed by atoms with Gasteiger partial charge in [0.05, 0.1) is 10.6 Å². The second kappa shape index (κ2) is 7.17. The zero-order valence-corrected chi connectivity index (χ0v) is 13.2. The Labute approximate surface area is 133 Å². The topological polar surface area (TPSA) is 24.9 Å². The van der Waals surface area contributed by atoms with Gasteiger partial charge < -0.3 is 5.32 Å². The van der Waals surface area contributed by atoms with Crippen LogP contribution in [0.3, 0.4) is 0 Å². The van der Waals surface area contributed by atoms with Crippen molar-refractivity contribution >= 4 is 33.4 Å². The summed E-state index contributed by atoms with van der Waals surface area (Å²) in [5.41, 5.74) is 0.261. The van der Waals surface area contributed by atoms with Gasteiger partial charge in [-0.2, -0.15) is 13.2 Å². The van der Waals surface area contributed by atoms with E-state index in [4.69, 9.17) is 0 Å². The lowest BCUT2D eigenvalue weighted by molar-refractivity contribution is -0.137. The molecule has 0 aliphatic heterocycles. The van der Waals surface area contributed by atoms with Crippen LogP contribution in [0.25, 0.3) is 0 Å². The molecule has 0 saturated carbocycles. The number of nitrogens with one attached hydrogen (secondary N) is 1. The van der Waals surface area contributed by atoms with Crippen LogP contribution in [0.5, 0.6) is 0 Å². The van der Waals surface area contributed by atoms with Gasteiger partial charge in [-0.25, -0.2) is 4.98 Å². The number of alkyl halides is 3. The highest BCUT2D eigenvalue weighted by Crippen LogP contribution is 2.29. The largest absolute Gasteiger partial charge is 0.417 e. The van der Waals surface area contributed by atoms with Crippen LogP contribution in [0.4, 0.5) is 18.9 Å². The predicted octanol–water partition coefficient (Wildman–Crippen LogP) is 5.07. The molecule has 0 unspecified atom stereocenters. The van der Waals surface area contributed by atoms with Crippen LogP contribution in [0.1, 0.15) is 5.56 Å². The summed E-state index contributed by atoms with van der Waals surface area (Å²) in [7, 11) is 0. The highest BCUT2D eigenvalue weighted by Gasteiger charge is 2.30. The third kappa shape index (κ3) is 4.93.